The van der Waals surface area contributed by atoms with Gasteiger partial charge >= 0.3 is 0 Å². The first-order valence-electron chi connectivity index (χ1n) is 11.2. The normalized spacial score (nSPS) is 16.3. The smallest absolute Gasteiger partial charge is 0.267 e. The summed E-state index contributed by atoms with van der Waals surface area (Å²) in [6.07, 6.45) is 0. The summed E-state index contributed by atoms with van der Waals surface area (Å²) in [5.74, 6) is -0.123. The summed E-state index contributed by atoms with van der Waals surface area (Å²) in [7, 11) is 0. The molecule has 1 aliphatic heterocycles. The monoisotopic (exact) mass is 430 g/mol. The van der Waals surface area contributed by atoms with Gasteiger partial charge in [0.1, 0.15) is 5.54 Å². The van der Waals surface area contributed by atoms with Crippen LogP contribution in [0.15, 0.2) is 126 Å². The molecule has 0 aromatic heterocycles. The molecule has 0 fully saturated rings. The van der Waals surface area contributed by atoms with Gasteiger partial charge in [0.15, 0.2) is 0 Å². The summed E-state index contributed by atoms with van der Waals surface area (Å²) < 4.78 is 0. The Bertz CT molecular complexity index is 1240. The lowest BCUT2D eigenvalue weighted by Gasteiger charge is -2.46. The van der Waals surface area contributed by atoms with Gasteiger partial charge in [0.05, 0.1) is 5.71 Å². The fourth-order valence-corrected chi connectivity index (χ4v) is 5.14. The van der Waals surface area contributed by atoms with Gasteiger partial charge in [-0.05, 0) is 28.8 Å². The van der Waals surface area contributed by atoms with E-state index in [2.05, 4.69) is 50.2 Å². The predicted molar refractivity (Wildman–Crippen MR) is 133 cm³/mol. The Balaban J connectivity index is 1.84. The Hall–Kier alpha value is -3.98. The van der Waals surface area contributed by atoms with Gasteiger partial charge in [-0.1, -0.05) is 123 Å². The van der Waals surface area contributed by atoms with Crippen molar-refractivity contribution in [2.45, 2.75) is 19.4 Å². The first-order valence-corrected chi connectivity index (χ1v) is 11.2. The fourth-order valence-electron chi connectivity index (χ4n) is 5.14. The minimum Gasteiger partial charge on any atom is -0.267 e. The average Bonchev–Trinajstić information content (AvgIpc) is 3.13. The molecule has 0 saturated carbocycles. The highest BCUT2D eigenvalue weighted by molar-refractivity contribution is 6.09. The number of hydrogen-bond donors (Lipinski definition) is 0. The van der Waals surface area contributed by atoms with E-state index in [9.17, 15) is 4.79 Å². The minimum atomic E-state index is -0.826. The molecular formula is C30H26N2O. The van der Waals surface area contributed by atoms with Crippen molar-refractivity contribution >= 4 is 11.6 Å². The standard InChI is InChI=1S/C30H26N2O/c1-29(2)27(23-15-7-3-8-16-23)31-32(28(33)24-17-9-4-10-18-24)30(29,25-19-11-5-12-20-25)26-21-13-6-14-22-26/h3-22H,1-2H3. The SMILES string of the molecule is CC1(C)C(c2ccccc2)=NN(C(=O)c2ccccc2)C1(c1ccccc1)c1ccccc1. The van der Waals surface area contributed by atoms with Gasteiger partial charge in [-0.3, -0.25) is 4.79 Å². The zero-order valence-corrected chi connectivity index (χ0v) is 18.8. The second-order valence-corrected chi connectivity index (χ2v) is 8.87. The molecule has 4 aromatic rings. The zero-order chi connectivity index (χ0) is 22.9. The van der Waals surface area contributed by atoms with Gasteiger partial charge in [0.2, 0.25) is 0 Å². The number of nitrogens with zero attached hydrogens (tertiary/aromatic N) is 2. The molecule has 1 aliphatic rings. The van der Waals surface area contributed by atoms with E-state index >= 15 is 0 Å². The number of benzene rings is 4. The van der Waals surface area contributed by atoms with Crippen LogP contribution in [-0.2, 0) is 5.54 Å². The van der Waals surface area contributed by atoms with Gasteiger partial charge in [-0.15, -0.1) is 0 Å². The molecule has 162 valence electrons. The topological polar surface area (TPSA) is 32.7 Å². The molecule has 0 bridgehead atoms. The van der Waals surface area contributed by atoms with Crippen molar-refractivity contribution in [3.63, 3.8) is 0 Å². The summed E-state index contributed by atoms with van der Waals surface area (Å²) in [5, 5.41) is 6.81. The van der Waals surface area contributed by atoms with Gasteiger partial charge < -0.3 is 0 Å². The molecule has 33 heavy (non-hydrogen) atoms. The van der Waals surface area contributed by atoms with E-state index in [-0.39, 0.29) is 5.91 Å². The summed E-state index contributed by atoms with van der Waals surface area (Å²) in [4.78, 5) is 14.1. The van der Waals surface area contributed by atoms with Crippen LogP contribution in [0.3, 0.4) is 0 Å². The number of hydrazone groups is 1. The van der Waals surface area contributed by atoms with Crippen molar-refractivity contribution in [2.75, 3.05) is 0 Å². The van der Waals surface area contributed by atoms with E-state index in [1.807, 2.05) is 84.9 Å². The molecule has 0 atom stereocenters. The van der Waals surface area contributed by atoms with Crippen molar-refractivity contribution < 1.29 is 4.79 Å². The van der Waals surface area contributed by atoms with Crippen molar-refractivity contribution in [2.24, 2.45) is 10.5 Å². The van der Waals surface area contributed by atoms with Crippen LogP contribution < -0.4 is 0 Å². The summed E-state index contributed by atoms with van der Waals surface area (Å²) in [6.45, 7) is 4.38. The predicted octanol–water partition coefficient (Wildman–Crippen LogP) is 6.52. The summed E-state index contributed by atoms with van der Waals surface area (Å²) >= 11 is 0. The Morgan fingerprint density at radius 1 is 0.636 bits per heavy atom. The highest BCUT2D eigenvalue weighted by Gasteiger charge is 2.61. The van der Waals surface area contributed by atoms with E-state index < -0.39 is 11.0 Å². The Kier molecular flexibility index (Phi) is 5.18. The van der Waals surface area contributed by atoms with E-state index in [1.54, 1.807) is 5.01 Å². The van der Waals surface area contributed by atoms with Crippen LogP contribution in [0.2, 0.25) is 0 Å². The van der Waals surface area contributed by atoms with Crippen LogP contribution >= 0.6 is 0 Å². The maximum Gasteiger partial charge on any atom is 0.275 e. The lowest BCUT2D eigenvalue weighted by atomic mass is 9.61. The number of amides is 1. The van der Waals surface area contributed by atoms with Gasteiger partial charge in [-0.2, -0.15) is 5.10 Å². The molecule has 4 aromatic carbocycles. The van der Waals surface area contributed by atoms with Crippen molar-refractivity contribution in [1.29, 1.82) is 0 Å². The minimum absolute atomic E-state index is 0.123. The molecule has 1 heterocycles. The molecule has 3 nitrogen and oxygen atoms in total. The molecule has 0 unspecified atom stereocenters. The third-order valence-electron chi connectivity index (χ3n) is 6.66. The molecular weight excluding hydrogens is 404 g/mol. The summed E-state index contributed by atoms with van der Waals surface area (Å²) in [6, 6.07) is 40.1. The highest BCUT2D eigenvalue weighted by atomic mass is 16.2. The lowest BCUT2D eigenvalue weighted by molar-refractivity contribution is 0.0451. The molecule has 5 rings (SSSR count). The molecule has 0 N–H and O–H groups in total. The van der Waals surface area contributed by atoms with E-state index in [0.29, 0.717) is 5.56 Å². The molecule has 1 amide bonds. The van der Waals surface area contributed by atoms with Gasteiger partial charge in [0.25, 0.3) is 5.91 Å². The first kappa shape index (κ1) is 20.9. The van der Waals surface area contributed by atoms with Gasteiger partial charge in [0, 0.05) is 11.0 Å². The third-order valence-corrected chi connectivity index (χ3v) is 6.66. The third kappa shape index (κ3) is 3.20. The molecule has 0 radical (unpaired) electrons. The van der Waals surface area contributed by atoms with E-state index in [0.717, 1.165) is 22.4 Å². The Morgan fingerprint density at radius 2 is 1.06 bits per heavy atom. The van der Waals surface area contributed by atoms with Crippen LogP contribution in [-0.4, -0.2) is 16.6 Å². The van der Waals surface area contributed by atoms with Crippen LogP contribution in [0.25, 0.3) is 0 Å². The summed E-state index contributed by atoms with van der Waals surface area (Å²) in [5.41, 5.74) is 3.22. The number of carbonyl (C=O) groups excluding carboxylic acids is 1. The number of hydrogen-bond acceptors (Lipinski definition) is 2. The Labute approximate surface area is 195 Å². The molecule has 3 heteroatoms. The largest absolute Gasteiger partial charge is 0.275 e. The molecule has 0 saturated heterocycles. The van der Waals surface area contributed by atoms with Crippen LogP contribution in [0.5, 0.6) is 0 Å². The highest BCUT2D eigenvalue weighted by Crippen LogP contribution is 2.55. The Morgan fingerprint density at radius 3 is 1.55 bits per heavy atom. The van der Waals surface area contributed by atoms with Crippen LogP contribution in [0, 0.1) is 5.41 Å². The van der Waals surface area contributed by atoms with Crippen LogP contribution in [0.4, 0.5) is 0 Å². The molecule has 0 spiro atoms. The quantitative estimate of drug-likeness (QED) is 0.363. The van der Waals surface area contributed by atoms with E-state index in [1.165, 1.54) is 0 Å². The second kappa shape index (κ2) is 8.18. The first-order chi connectivity index (χ1) is 16.1. The van der Waals surface area contributed by atoms with Crippen molar-refractivity contribution in [3.8, 4) is 0 Å². The number of carbonyl (C=O) groups is 1. The van der Waals surface area contributed by atoms with E-state index in [4.69, 9.17) is 5.10 Å². The average molecular weight is 431 g/mol. The van der Waals surface area contributed by atoms with Crippen molar-refractivity contribution in [1.82, 2.24) is 5.01 Å². The maximum absolute atomic E-state index is 14.1. The molecule has 0 aliphatic carbocycles. The van der Waals surface area contributed by atoms with Crippen molar-refractivity contribution in [3.05, 3.63) is 144 Å². The zero-order valence-electron chi connectivity index (χ0n) is 18.8. The fraction of sp³-hybridized carbons (Fsp3) is 0.133. The van der Waals surface area contributed by atoms with Crippen LogP contribution in [0.1, 0.15) is 40.9 Å². The second-order valence-electron chi connectivity index (χ2n) is 8.87. The number of rotatable bonds is 4. The lowest BCUT2D eigenvalue weighted by Crippen LogP contribution is -2.54. The maximum atomic E-state index is 14.1. The van der Waals surface area contributed by atoms with Gasteiger partial charge in [-0.25, -0.2) is 5.01 Å².